The molecule has 2 atom stereocenters. The first kappa shape index (κ1) is 23.1. The summed E-state index contributed by atoms with van der Waals surface area (Å²) in [6, 6.07) is 12.8. The molecule has 0 fully saturated rings. The van der Waals surface area contributed by atoms with Crippen LogP contribution in [0.2, 0.25) is 0 Å². The molecule has 166 valence electrons. The van der Waals surface area contributed by atoms with Crippen molar-refractivity contribution in [3.63, 3.8) is 0 Å². The van der Waals surface area contributed by atoms with Gasteiger partial charge in [-0.05, 0) is 55.0 Å². The molecule has 1 aliphatic rings. The Kier molecular flexibility index (Phi) is 7.26. The molecule has 1 aliphatic carbocycles. The van der Waals surface area contributed by atoms with Crippen molar-refractivity contribution in [2.24, 2.45) is 0 Å². The summed E-state index contributed by atoms with van der Waals surface area (Å²) in [5.41, 5.74) is 3.33. The summed E-state index contributed by atoms with van der Waals surface area (Å²) in [6.45, 7) is -0.0621. The van der Waals surface area contributed by atoms with Gasteiger partial charge in [0.1, 0.15) is 30.1 Å². The largest absolute Gasteiger partial charge is 0.491 e. The lowest BCUT2D eigenvalue weighted by Gasteiger charge is -2.23. The van der Waals surface area contributed by atoms with Crippen LogP contribution in [-0.2, 0) is 12.8 Å². The fourth-order valence-corrected chi connectivity index (χ4v) is 4.10. The number of halogens is 1. The van der Waals surface area contributed by atoms with E-state index in [0.29, 0.717) is 28.9 Å². The van der Waals surface area contributed by atoms with Crippen LogP contribution < -0.4 is 15.3 Å². The third-order valence-corrected chi connectivity index (χ3v) is 5.72. The molecule has 3 aromatic rings. The molecule has 2 unspecified atom stereocenters. The molecular weight excluding hydrogens is 418 g/mol. The number of nitrogens with zero attached hydrogens (tertiary/aromatic N) is 1. The second kappa shape index (κ2) is 9.73. The van der Waals surface area contributed by atoms with Crippen LogP contribution in [0, 0.1) is 0 Å². The van der Waals surface area contributed by atoms with Crippen molar-refractivity contribution in [1.29, 1.82) is 0 Å². The fourth-order valence-electron chi connectivity index (χ4n) is 4.10. The Morgan fingerprint density at radius 3 is 2.52 bits per heavy atom. The van der Waals surface area contributed by atoms with E-state index in [1.807, 2.05) is 43.3 Å². The number of aryl methyl sites for hydroxylation is 1. The van der Waals surface area contributed by atoms with Crippen LogP contribution in [0.4, 0.5) is 5.69 Å². The Morgan fingerprint density at radius 1 is 1.06 bits per heavy atom. The predicted octanol–water partition coefficient (Wildman–Crippen LogP) is 3.63. The zero-order valence-corrected chi connectivity index (χ0v) is 18.5. The summed E-state index contributed by atoms with van der Waals surface area (Å²) in [5, 5.41) is 22.3. The normalized spacial score (nSPS) is 15.0. The number of fused-ring (bicyclic) bond motifs is 3. The Morgan fingerprint density at radius 2 is 1.77 bits per heavy atom. The van der Waals surface area contributed by atoms with Gasteiger partial charge in [0.25, 0.3) is 0 Å². The molecular formula is C24H28ClNO5. The smallest absolute Gasteiger partial charge is 0.339 e. The highest BCUT2D eigenvalue weighted by molar-refractivity contribution is 5.86. The van der Waals surface area contributed by atoms with Crippen LogP contribution in [0.3, 0.4) is 0 Å². The maximum atomic E-state index is 12.3. The van der Waals surface area contributed by atoms with Gasteiger partial charge in [-0.1, -0.05) is 18.2 Å². The topological polar surface area (TPSA) is 83.1 Å². The van der Waals surface area contributed by atoms with Gasteiger partial charge in [0.2, 0.25) is 0 Å². The van der Waals surface area contributed by atoms with E-state index in [1.165, 1.54) is 0 Å². The zero-order valence-electron chi connectivity index (χ0n) is 17.7. The quantitative estimate of drug-likeness (QED) is 0.564. The Labute approximate surface area is 187 Å². The van der Waals surface area contributed by atoms with Crippen LogP contribution in [0.15, 0.2) is 51.7 Å². The van der Waals surface area contributed by atoms with Gasteiger partial charge in [-0.2, -0.15) is 0 Å². The maximum Gasteiger partial charge on any atom is 0.339 e. The number of rotatable bonds is 6. The Balaban J connectivity index is 0.00000272. The van der Waals surface area contributed by atoms with E-state index in [2.05, 4.69) is 0 Å². The summed E-state index contributed by atoms with van der Waals surface area (Å²) < 4.78 is 11.2. The van der Waals surface area contributed by atoms with Crippen LogP contribution >= 0.6 is 12.4 Å². The number of aliphatic hydroxyl groups is 2. The van der Waals surface area contributed by atoms with E-state index in [4.69, 9.17) is 9.15 Å². The molecule has 31 heavy (non-hydrogen) atoms. The van der Waals surface area contributed by atoms with Gasteiger partial charge in [-0.3, -0.25) is 0 Å². The fraction of sp³-hybridized carbons (Fsp3) is 0.375. The van der Waals surface area contributed by atoms with Crippen molar-refractivity contribution in [3.05, 3.63) is 69.6 Å². The highest BCUT2D eigenvalue weighted by atomic mass is 35.5. The Hall–Kier alpha value is -2.54. The molecule has 0 radical (unpaired) electrons. The van der Waals surface area contributed by atoms with E-state index in [-0.39, 0.29) is 24.6 Å². The minimum atomic E-state index is -1.16. The monoisotopic (exact) mass is 445 g/mol. The van der Waals surface area contributed by atoms with Crippen molar-refractivity contribution in [3.8, 4) is 5.75 Å². The summed E-state index contributed by atoms with van der Waals surface area (Å²) >= 11 is 0. The van der Waals surface area contributed by atoms with E-state index >= 15 is 0 Å². The number of benzene rings is 2. The number of ether oxygens (including phenoxy) is 1. The summed E-state index contributed by atoms with van der Waals surface area (Å²) in [4.78, 5) is 14.3. The highest BCUT2D eigenvalue weighted by Gasteiger charge is 2.26. The second-order valence-corrected chi connectivity index (χ2v) is 7.99. The molecule has 0 bridgehead atoms. The van der Waals surface area contributed by atoms with Gasteiger partial charge < -0.3 is 24.3 Å². The molecule has 1 aromatic heterocycles. The average Bonchev–Trinajstić information content (AvgIpc) is 2.77. The van der Waals surface area contributed by atoms with E-state index in [1.54, 1.807) is 18.2 Å². The van der Waals surface area contributed by atoms with Gasteiger partial charge in [-0.15, -0.1) is 12.4 Å². The van der Waals surface area contributed by atoms with E-state index in [0.717, 1.165) is 35.9 Å². The highest BCUT2D eigenvalue weighted by Crippen LogP contribution is 2.33. The number of hydrogen-bond donors (Lipinski definition) is 2. The lowest BCUT2D eigenvalue weighted by atomic mass is 9.87. The standard InChI is InChI=1S/C24H27NO5.ClH/c1-25(2)15-7-5-8-16(13-15)29-14-20(26)23(27)19-11-6-12-21-22(19)17-9-3-4-10-18(17)24(28)30-21;/h5-8,11-13,20,23,26-27H,3-4,9-10,14H2,1-2H3;1H. The molecule has 1 heterocycles. The van der Waals surface area contributed by atoms with Crippen LogP contribution in [-0.4, -0.2) is 37.0 Å². The van der Waals surface area contributed by atoms with Gasteiger partial charge in [-0.25, -0.2) is 4.79 Å². The Bertz CT molecular complexity index is 1110. The zero-order chi connectivity index (χ0) is 21.3. The molecule has 2 aromatic carbocycles. The van der Waals surface area contributed by atoms with E-state index < -0.39 is 12.2 Å². The average molecular weight is 446 g/mol. The van der Waals surface area contributed by atoms with Crippen molar-refractivity contribution in [2.45, 2.75) is 37.9 Å². The first-order valence-corrected chi connectivity index (χ1v) is 10.3. The third kappa shape index (κ3) is 4.71. The molecule has 7 heteroatoms. The summed E-state index contributed by atoms with van der Waals surface area (Å²) in [6.07, 6.45) is 1.10. The van der Waals surface area contributed by atoms with Crippen molar-refractivity contribution >= 4 is 29.1 Å². The van der Waals surface area contributed by atoms with Crippen molar-refractivity contribution in [1.82, 2.24) is 0 Å². The molecule has 0 amide bonds. The third-order valence-electron chi connectivity index (χ3n) is 5.72. The predicted molar refractivity (Wildman–Crippen MR) is 124 cm³/mol. The molecule has 0 saturated heterocycles. The molecule has 6 nitrogen and oxygen atoms in total. The number of anilines is 1. The second-order valence-electron chi connectivity index (χ2n) is 7.99. The molecule has 2 N–H and O–H groups in total. The lowest BCUT2D eigenvalue weighted by molar-refractivity contribution is -0.00831. The first-order chi connectivity index (χ1) is 14.5. The van der Waals surface area contributed by atoms with Crippen LogP contribution in [0.5, 0.6) is 5.75 Å². The minimum Gasteiger partial charge on any atom is -0.491 e. The van der Waals surface area contributed by atoms with Crippen molar-refractivity contribution < 1.29 is 19.4 Å². The number of hydrogen-bond acceptors (Lipinski definition) is 6. The minimum absolute atomic E-state index is 0. The maximum absolute atomic E-state index is 12.3. The van der Waals surface area contributed by atoms with E-state index in [9.17, 15) is 15.0 Å². The molecule has 4 rings (SSSR count). The van der Waals surface area contributed by atoms with Crippen molar-refractivity contribution in [2.75, 3.05) is 25.6 Å². The van der Waals surface area contributed by atoms with Gasteiger partial charge in [0.15, 0.2) is 0 Å². The summed E-state index contributed by atoms with van der Waals surface area (Å²) in [7, 11) is 3.88. The number of aliphatic hydroxyl groups excluding tert-OH is 2. The van der Waals surface area contributed by atoms with Gasteiger partial charge >= 0.3 is 5.63 Å². The van der Waals surface area contributed by atoms with Gasteiger partial charge in [0.05, 0.1) is 0 Å². The lowest BCUT2D eigenvalue weighted by Crippen LogP contribution is -2.26. The molecule has 0 saturated carbocycles. The summed E-state index contributed by atoms with van der Waals surface area (Å²) in [5.74, 6) is 0.619. The van der Waals surface area contributed by atoms with Gasteiger partial charge in [0, 0.05) is 36.8 Å². The molecule has 0 spiro atoms. The van der Waals surface area contributed by atoms with Crippen LogP contribution in [0.25, 0.3) is 11.0 Å². The first-order valence-electron chi connectivity index (χ1n) is 10.3. The van der Waals surface area contributed by atoms with Crippen LogP contribution in [0.1, 0.15) is 35.6 Å². The SMILES string of the molecule is CN(C)c1cccc(OCC(O)C(O)c2cccc3oc(=O)c4c(c23)CCCC4)c1.Cl. The molecule has 0 aliphatic heterocycles.